The van der Waals surface area contributed by atoms with Crippen molar-refractivity contribution >= 4 is 56.5 Å². The van der Waals surface area contributed by atoms with E-state index < -0.39 is 29.4 Å². The molecule has 0 unspecified atom stereocenters. The summed E-state index contributed by atoms with van der Waals surface area (Å²) in [5.41, 5.74) is 0.467. The molecule has 7 nitrogen and oxygen atoms in total. The van der Waals surface area contributed by atoms with Crippen LogP contribution in [0.2, 0.25) is 0 Å². The number of phenolic OH excluding ortho intramolecular Hbond substituents is 1. The first-order valence-electron chi connectivity index (χ1n) is 8.16. The molecule has 29 heavy (non-hydrogen) atoms. The Kier molecular flexibility index (Phi) is 6.23. The Morgan fingerprint density at radius 3 is 2.76 bits per heavy atom. The third-order valence-electron chi connectivity index (χ3n) is 3.89. The van der Waals surface area contributed by atoms with Crippen LogP contribution in [0.3, 0.4) is 0 Å². The smallest absolute Gasteiger partial charge is 0.294 e. The normalized spacial score (nSPS) is 15.1. The molecule has 3 rings (SSSR count). The second-order valence-corrected chi connectivity index (χ2v) is 7.70. The van der Waals surface area contributed by atoms with Gasteiger partial charge < -0.3 is 15.2 Å². The fourth-order valence-corrected chi connectivity index (χ4v) is 3.81. The number of aromatic hydroxyl groups is 1. The SMILES string of the molecule is COc1cc(/C=C2\SC(=O)N(CC(=O)Nc3ccccc3F)C2=O)cc(Br)c1O. The number of hydrogen-bond donors (Lipinski definition) is 2. The summed E-state index contributed by atoms with van der Waals surface area (Å²) >= 11 is 3.86. The van der Waals surface area contributed by atoms with Gasteiger partial charge in [0.05, 0.1) is 22.2 Å². The molecule has 3 amide bonds. The number of methoxy groups -OCH3 is 1. The standard InChI is InChI=1S/C19H14BrFN2O5S/c1-28-14-7-10(6-11(20)17(14)25)8-15-18(26)23(19(27)29-15)9-16(24)22-13-5-3-2-4-12(13)21/h2-8,25H,9H2,1H3,(H,22,24)/b15-8-. The molecule has 0 atom stereocenters. The third kappa shape index (κ3) is 4.60. The number of nitrogens with zero attached hydrogens (tertiary/aromatic N) is 1. The number of rotatable bonds is 5. The highest BCUT2D eigenvalue weighted by molar-refractivity contribution is 9.10. The van der Waals surface area contributed by atoms with Gasteiger partial charge >= 0.3 is 0 Å². The largest absolute Gasteiger partial charge is 0.503 e. The van der Waals surface area contributed by atoms with Crippen LogP contribution in [-0.4, -0.2) is 40.7 Å². The van der Waals surface area contributed by atoms with Crippen molar-refractivity contribution in [2.24, 2.45) is 0 Å². The van der Waals surface area contributed by atoms with Crippen LogP contribution in [-0.2, 0) is 9.59 Å². The molecule has 2 aromatic carbocycles. The minimum atomic E-state index is -0.701. The minimum Gasteiger partial charge on any atom is -0.503 e. The van der Waals surface area contributed by atoms with Gasteiger partial charge in [-0.1, -0.05) is 12.1 Å². The van der Waals surface area contributed by atoms with Gasteiger partial charge in [-0.25, -0.2) is 4.39 Å². The van der Waals surface area contributed by atoms with Crippen LogP contribution in [0.4, 0.5) is 14.9 Å². The number of hydrogen-bond acceptors (Lipinski definition) is 6. The van der Waals surface area contributed by atoms with Crippen molar-refractivity contribution in [1.29, 1.82) is 0 Å². The average molecular weight is 481 g/mol. The van der Waals surface area contributed by atoms with Crippen molar-refractivity contribution in [2.75, 3.05) is 19.0 Å². The van der Waals surface area contributed by atoms with Gasteiger partial charge in [0.15, 0.2) is 11.5 Å². The maximum absolute atomic E-state index is 13.6. The number of ether oxygens (including phenoxy) is 1. The molecule has 1 aliphatic rings. The summed E-state index contributed by atoms with van der Waals surface area (Å²) in [4.78, 5) is 37.8. The van der Waals surface area contributed by atoms with Crippen molar-refractivity contribution in [3.63, 3.8) is 0 Å². The van der Waals surface area contributed by atoms with Crippen LogP contribution in [0.1, 0.15) is 5.56 Å². The number of nitrogens with one attached hydrogen (secondary N) is 1. The molecule has 1 saturated heterocycles. The molecule has 0 radical (unpaired) electrons. The maximum Gasteiger partial charge on any atom is 0.294 e. The summed E-state index contributed by atoms with van der Waals surface area (Å²) in [6.07, 6.45) is 1.45. The highest BCUT2D eigenvalue weighted by Gasteiger charge is 2.36. The Morgan fingerprint density at radius 2 is 2.07 bits per heavy atom. The molecular weight excluding hydrogens is 467 g/mol. The third-order valence-corrected chi connectivity index (χ3v) is 5.40. The molecule has 0 spiro atoms. The summed E-state index contributed by atoms with van der Waals surface area (Å²) in [5.74, 6) is -1.88. The van der Waals surface area contributed by atoms with Crippen LogP contribution in [0.5, 0.6) is 11.5 Å². The molecular formula is C19H14BrFN2O5S. The number of amides is 3. The predicted octanol–water partition coefficient (Wildman–Crippen LogP) is 3.98. The summed E-state index contributed by atoms with van der Waals surface area (Å²) in [6.45, 7) is -0.543. The average Bonchev–Trinajstić information content (AvgIpc) is 2.93. The van der Waals surface area contributed by atoms with E-state index in [2.05, 4.69) is 21.2 Å². The number of benzene rings is 2. The zero-order valence-corrected chi connectivity index (χ0v) is 17.3. The van der Waals surface area contributed by atoms with Gasteiger partial charge in [-0.15, -0.1) is 0 Å². The van der Waals surface area contributed by atoms with E-state index in [0.717, 1.165) is 4.90 Å². The Labute approximate surface area is 177 Å². The maximum atomic E-state index is 13.6. The van der Waals surface area contributed by atoms with Gasteiger partial charge in [0.25, 0.3) is 11.1 Å². The number of halogens is 2. The summed E-state index contributed by atoms with van der Waals surface area (Å²) in [6, 6.07) is 8.63. The molecule has 150 valence electrons. The van der Waals surface area contributed by atoms with Crippen LogP contribution >= 0.6 is 27.7 Å². The molecule has 1 fully saturated rings. The number of carbonyl (C=O) groups is 3. The van der Waals surface area contributed by atoms with Gasteiger partial charge in [0.2, 0.25) is 5.91 Å². The highest BCUT2D eigenvalue weighted by Crippen LogP contribution is 2.38. The molecule has 2 N–H and O–H groups in total. The lowest BCUT2D eigenvalue weighted by atomic mass is 10.2. The van der Waals surface area contributed by atoms with E-state index >= 15 is 0 Å². The second kappa shape index (κ2) is 8.66. The Hall–Kier alpha value is -2.85. The fourth-order valence-electron chi connectivity index (χ4n) is 2.52. The number of anilines is 1. The first-order valence-corrected chi connectivity index (χ1v) is 9.77. The van der Waals surface area contributed by atoms with Gasteiger partial charge in [-0.2, -0.15) is 0 Å². The number of thioether (sulfide) groups is 1. The van der Waals surface area contributed by atoms with Gasteiger partial charge in [0.1, 0.15) is 12.4 Å². The van der Waals surface area contributed by atoms with Gasteiger partial charge in [-0.05, 0) is 63.6 Å². The second-order valence-electron chi connectivity index (χ2n) is 5.85. The summed E-state index contributed by atoms with van der Waals surface area (Å²) in [5, 5.41) is 11.6. The molecule has 0 saturated carbocycles. The first-order chi connectivity index (χ1) is 13.8. The zero-order valence-electron chi connectivity index (χ0n) is 14.9. The lowest BCUT2D eigenvalue weighted by molar-refractivity contribution is -0.127. The Bertz CT molecular complexity index is 1040. The van der Waals surface area contributed by atoms with E-state index in [-0.39, 0.29) is 22.1 Å². The molecule has 10 heteroatoms. The molecule has 0 bridgehead atoms. The Morgan fingerprint density at radius 1 is 1.34 bits per heavy atom. The predicted molar refractivity (Wildman–Crippen MR) is 110 cm³/mol. The lowest BCUT2D eigenvalue weighted by Crippen LogP contribution is -2.36. The molecule has 0 aliphatic carbocycles. The van der Waals surface area contributed by atoms with Crippen LogP contribution < -0.4 is 10.1 Å². The topological polar surface area (TPSA) is 95.9 Å². The van der Waals surface area contributed by atoms with Gasteiger partial charge in [0, 0.05) is 0 Å². The van der Waals surface area contributed by atoms with Gasteiger partial charge in [-0.3, -0.25) is 19.3 Å². The monoisotopic (exact) mass is 480 g/mol. The first kappa shape index (κ1) is 20.9. The quantitative estimate of drug-likeness (QED) is 0.628. The minimum absolute atomic E-state index is 0.0407. The van der Waals surface area contributed by atoms with E-state index in [1.807, 2.05) is 0 Å². The fraction of sp³-hybridized carbons (Fsp3) is 0.105. The molecule has 0 aromatic heterocycles. The zero-order chi connectivity index (χ0) is 21.1. The van der Waals surface area contributed by atoms with Crippen molar-refractivity contribution < 1.29 is 28.6 Å². The molecule has 1 heterocycles. The summed E-state index contributed by atoms with van der Waals surface area (Å²) < 4.78 is 19.0. The summed E-state index contributed by atoms with van der Waals surface area (Å²) in [7, 11) is 1.38. The Balaban J connectivity index is 1.76. The van der Waals surface area contributed by atoms with E-state index in [1.54, 1.807) is 12.1 Å². The van der Waals surface area contributed by atoms with E-state index in [0.29, 0.717) is 21.8 Å². The van der Waals surface area contributed by atoms with Crippen molar-refractivity contribution in [2.45, 2.75) is 0 Å². The van der Waals surface area contributed by atoms with Crippen molar-refractivity contribution in [3.05, 3.63) is 57.2 Å². The number of para-hydroxylation sites is 1. The number of carbonyl (C=O) groups excluding carboxylic acids is 3. The van der Waals surface area contributed by atoms with Crippen LogP contribution in [0, 0.1) is 5.82 Å². The number of phenols is 1. The van der Waals surface area contributed by atoms with Crippen LogP contribution in [0.25, 0.3) is 6.08 Å². The van der Waals surface area contributed by atoms with Crippen molar-refractivity contribution in [1.82, 2.24) is 4.90 Å². The molecule has 1 aliphatic heterocycles. The van der Waals surface area contributed by atoms with E-state index in [4.69, 9.17) is 4.74 Å². The molecule has 2 aromatic rings. The number of imide groups is 1. The van der Waals surface area contributed by atoms with E-state index in [1.165, 1.54) is 37.5 Å². The highest BCUT2D eigenvalue weighted by atomic mass is 79.9. The lowest BCUT2D eigenvalue weighted by Gasteiger charge is -2.12. The van der Waals surface area contributed by atoms with E-state index in [9.17, 15) is 23.9 Å². The van der Waals surface area contributed by atoms with Crippen LogP contribution in [0.15, 0.2) is 45.8 Å². The van der Waals surface area contributed by atoms with Crippen molar-refractivity contribution in [3.8, 4) is 11.5 Å².